The van der Waals surface area contributed by atoms with E-state index in [0.717, 1.165) is 19.6 Å². The van der Waals surface area contributed by atoms with Gasteiger partial charge in [-0.1, -0.05) is 12.2 Å². The van der Waals surface area contributed by atoms with Crippen molar-refractivity contribution in [2.24, 2.45) is 11.7 Å². The number of likely N-dealkylation sites (tertiary alicyclic amines) is 1. The first-order valence-corrected chi connectivity index (χ1v) is 6.48. The molecule has 0 spiro atoms. The third-order valence-electron chi connectivity index (χ3n) is 3.23. The lowest BCUT2D eigenvalue weighted by atomic mass is 10.1. The van der Waals surface area contributed by atoms with Crippen LogP contribution in [0.25, 0.3) is 0 Å². The zero-order valence-corrected chi connectivity index (χ0v) is 11.4. The van der Waals surface area contributed by atoms with Crippen LogP contribution in [0.4, 0.5) is 13.2 Å². The average Bonchev–Trinajstić information content (AvgIpc) is 2.73. The molecule has 1 atom stereocenters. The largest absolute Gasteiger partial charge is 0.399 e. The molecular weight excluding hydrogens is 263 g/mol. The van der Waals surface area contributed by atoms with E-state index in [1.165, 1.54) is 12.8 Å². The molecule has 3 nitrogen and oxygen atoms in total. The van der Waals surface area contributed by atoms with Gasteiger partial charge in [0.15, 0.2) is 0 Å². The molecule has 1 aliphatic heterocycles. The van der Waals surface area contributed by atoms with Crippen LogP contribution in [0.2, 0.25) is 0 Å². The van der Waals surface area contributed by atoms with Crippen molar-refractivity contribution in [1.82, 2.24) is 9.80 Å². The fourth-order valence-electron chi connectivity index (χ4n) is 2.08. The van der Waals surface area contributed by atoms with E-state index in [2.05, 4.69) is 17.1 Å². The molecule has 0 radical (unpaired) electrons. The predicted octanol–water partition coefficient (Wildman–Crippen LogP) is 1.48. The predicted molar refractivity (Wildman–Crippen MR) is 69.5 cm³/mol. The zero-order chi connectivity index (χ0) is 13.8. The first-order chi connectivity index (χ1) is 8.30. The fourth-order valence-corrected chi connectivity index (χ4v) is 2.28. The number of nitrogens with two attached hydrogens (primary N) is 1. The van der Waals surface area contributed by atoms with E-state index in [9.17, 15) is 13.2 Å². The lowest BCUT2D eigenvalue weighted by Gasteiger charge is -2.26. The molecule has 0 aromatic rings. The van der Waals surface area contributed by atoms with Crippen LogP contribution in [-0.4, -0.2) is 60.7 Å². The summed E-state index contributed by atoms with van der Waals surface area (Å²) in [7, 11) is 1.67. The highest BCUT2D eigenvalue weighted by Gasteiger charge is 2.42. The number of likely N-dealkylation sites (N-methyl/N-ethyl adjacent to an activating group) is 1. The highest BCUT2D eigenvalue weighted by molar-refractivity contribution is 7.80. The lowest BCUT2D eigenvalue weighted by molar-refractivity contribution is -0.158. The maximum Gasteiger partial charge on any atom is 0.399 e. The minimum absolute atomic E-state index is 0.160. The van der Waals surface area contributed by atoms with Crippen molar-refractivity contribution in [2.75, 3.05) is 39.8 Å². The van der Waals surface area contributed by atoms with Crippen molar-refractivity contribution in [3.05, 3.63) is 0 Å². The standard InChI is InChI=1S/C11H20F3N3S/c1-16(6-7-17-4-2-3-5-17)8-9(10(15)18)11(12,13)14/h9H,2-8H2,1H3,(H2,15,18). The van der Waals surface area contributed by atoms with Crippen molar-refractivity contribution >= 4 is 17.2 Å². The Bertz CT molecular complexity index is 277. The van der Waals surface area contributed by atoms with Crippen molar-refractivity contribution in [2.45, 2.75) is 19.0 Å². The van der Waals surface area contributed by atoms with Crippen molar-refractivity contribution in [1.29, 1.82) is 0 Å². The minimum atomic E-state index is -4.35. The van der Waals surface area contributed by atoms with Crippen LogP contribution in [0.15, 0.2) is 0 Å². The number of hydrogen-bond donors (Lipinski definition) is 1. The topological polar surface area (TPSA) is 32.5 Å². The quantitative estimate of drug-likeness (QED) is 0.749. The molecule has 18 heavy (non-hydrogen) atoms. The van der Waals surface area contributed by atoms with Gasteiger partial charge in [-0.3, -0.25) is 0 Å². The van der Waals surface area contributed by atoms with Crippen molar-refractivity contribution < 1.29 is 13.2 Å². The molecule has 1 aliphatic rings. The van der Waals surface area contributed by atoms with Crippen molar-refractivity contribution in [3.8, 4) is 0 Å². The van der Waals surface area contributed by atoms with Crippen LogP contribution in [0, 0.1) is 5.92 Å². The third kappa shape index (κ3) is 5.07. The molecule has 0 amide bonds. The Hall–Kier alpha value is -0.400. The summed E-state index contributed by atoms with van der Waals surface area (Å²) in [6.45, 7) is 3.35. The Kier molecular flexibility index (Phi) is 5.81. The second kappa shape index (κ2) is 6.68. The molecule has 0 aromatic heterocycles. The molecule has 106 valence electrons. The molecule has 1 saturated heterocycles. The normalized spacial score (nSPS) is 19.4. The number of alkyl halides is 3. The molecule has 7 heteroatoms. The van der Waals surface area contributed by atoms with Gasteiger partial charge in [0.05, 0.1) is 4.99 Å². The molecular formula is C11H20F3N3S. The molecule has 0 bridgehead atoms. The number of halogens is 3. The third-order valence-corrected chi connectivity index (χ3v) is 3.51. The molecule has 1 rings (SSSR count). The average molecular weight is 283 g/mol. The van der Waals surface area contributed by atoms with Crippen LogP contribution in [-0.2, 0) is 0 Å². The van der Waals surface area contributed by atoms with Crippen LogP contribution in [0.5, 0.6) is 0 Å². The summed E-state index contributed by atoms with van der Waals surface area (Å²) >= 11 is 4.50. The first-order valence-electron chi connectivity index (χ1n) is 6.07. The van der Waals surface area contributed by atoms with E-state index in [1.54, 1.807) is 11.9 Å². The Labute approximate surface area is 111 Å². The van der Waals surface area contributed by atoms with E-state index in [4.69, 9.17) is 5.73 Å². The minimum Gasteiger partial charge on any atom is -0.393 e. The number of hydrogen-bond acceptors (Lipinski definition) is 3. The second-order valence-corrected chi connectivity index (χ2v) is 5.28. The van der Waals surface area contributed by atoms with Gasteiger partial charge in [-0.2, -0.15) is 13.2 Å². The summed E-state index contributed by atoms with van der Waals surface area (Å²) in [5, 5.41) is 0. The van der Waals surface area contributed by atoms with E-state index in [1.807, 2.05) is 0 Å². The second-order valence-electron chi connectivity index (χ2n) is 4.81. The van der Waals surface area contributed by atoms with Crippen LogP contribution in [0.1, 0.15) is 12.8 Å². The Morgan fingerprint density at radius 3 is 2.39 bits per heavy atom. The van der Waals surface area contributed by atoms with Crippen LogP contribution >= 0.6 is 12.2 Å². The van der Waals surface area contributed by atoms with Gasteiger partial charge in [0.1, 0.15) is 5.92 Å². The van der Waals surface area contributed by atoms with Gasteiger partial charge in [-0.25, -0.2) is 0 Å². The molecule has 0 saturated carbocycles. The Morgan fingerprint density at radius 1 is 1.39 bits per heavy atom. The summed E-state index contributed by atoms with van der Waals surface area (Å²) < 4.78 is 38.0. The number of nitrogens with zero attached hydrogens (tertiary/aromatic N) is 2. The van der Waals surface area contributed by atoms with Crippen LogP contribution < -0.4 is 5.73 Å². The van der Waals surface area contributed by atoms with E-state index >= 15 is 0 Å². The van der Waals surface area contributed by atoms with Gasteiger partial charge >= 0.3 is 6.18 Å². The summed E-state index contributed by atoms with van der Waals surface area (Å²) in [6, 6.07) is 0. The molecule has 1 heterocycles. The number of thiocarbonyl (C=S) groups is 1. The summed E-state index contributed by atoms with van der Waals surface area (Å²) in [5.74, 6) is -1.71. The molecule has 0 aliphatic carbocycles. The van der Waals surface area contributed by atoms with E-state index < -0.39 is 17.1 Å². The SMILES string of the molecule is CN(CCN1CCCC1)CC(C(N)=S)C(F)(F)F. The summed E-state index contributed by atoms with van der Waals surface area (Å²) in [4.78, 5) is 3.44. The van der Waals surface area contributed by atoms with Gasteiger partial charge in [0.25, 0.3) is 0 Å². The Balaban J connectivity index is 2.36. The lowest BCUT2D eigenvalue weighted by Crippen LogP contribution is -2.44. The maximum atomic E-state index is 12.7. The highest BCUT2D eigenvalue weighted by atomic mass is 32.1. The molecule has 1 fully saturated rings. The number of rotatable bonds is 6. The Morgan fingerprint density at radius 2 is 1.94 bits per heavy atom. The molecule has 1 unspecified atom stereocenters. The fraction of sp³-hybridized carbons (Fsp3) is 0.909. The van der Waals surface area contributed by atoms with Gasteiger partial charge in [0.2, 0.25) is 0 Å². The van der Waals surface area contributed by atoms with Gasteiger partial charge in [-0.05, 0) is 33.0 Å². The van der Waals surface area contributed by atoms with Crippen molar-refractivity contribution in [3.63, 3.8) is 0 Å². The monoisotopic (exact) mass is 283 g/mol. The van der Waals surface area contributed by atoms with E-state index in [0.29, 0.717) is 6.54 Å². The zero-order valence-electron chi connectivity index (χ0n) is 10.5. The van der Waals surface area contributed by atoms with Crippen LogP contribution in [0.3, 0.4) is 0 Å². The first kappa shape index (κ1) is 15.7. The summed E-state index contributed by atoms with van der Waals surface area (Å²) in [6.07, 6.45) is -1.99. The maximum absolute atomic E-state index is 12.7. The molecule has 2 N–H and O–H groups in total. The van der Waals surface area contributed by atoms with Gasteiger partial charge in [0, 0.05) is 19.6 Å². The van der Waals surface area contributed by atoms with Gasteiger partial charge in [-0.15, -0.1) is 0 Å². The van der Waals surface area contributed by atoms with Gasteiger partial charge < -0.3 is 15.5 Å². The smallest absolute Gasteiger partial charge is 0.393 e. The summed E-state index contributed by atoms with van der Waals surface area (Å²) in [5.41, 5.74) is 5.16. The molecule has 0 aromatic carbocycles. The van der Waals surface area contributed by atoms with E-state index in [-0.39, 0.29) is 6.54 Å². The highest BCUT2D eigenvalue weighted by Crippen LogP contribution is 2.27.